The second kappa shape index (κ2) is 13.7. The van der Waals surface area contributed by atoms with Crippen LogP contribution < -0.4 is 4.74 Å². The summed E-state index contributed by atoms with van der Waals surface area (Å²) in [6.45, 7) is 14.5. The molecule has 3 unspecified atom stereocenters. The number of β-amino-alcohol motifs (C(OH)–C–C–N with tert-alkyl or cyclic N) is 1. The first-order valence-corrected chi connectivity index (χ1v) is 16.0. The van der Waals surface area contributed by atoms with Crippen LogP contribution in [0.4, 0.5) is 9.18 Å². The van der Waals surface area contributed by atoms with Gasteiger partial charge in [-0.05, 0) is 52.0 Å². The second-order valence-electron chi connectivity index (χ2n) is 11.4. The molecule has 1 saturated heterocycles. The largest absolute Gasteiger partial charge is 0.491 e. The van der Waals surface area contributed by atoms with E-state index in [2.05, 4.69) is 41.5 Å². The lowest BCUT2D eigenvalue weighted by atomic mass is 9.85. The van der Waals surface area contributed by atoms with Crippen molar-refractivity contribution < 1.29 is 33.3 Å². The summed E-state index contributed by atoms with van der Waals surface area (Å²) >= 11 is 0. The van der Waals surface area contributed by atoms with Gasteiger partial charge in [0.15, 0.2) is 0 Å². The minimum atomic E-state index is -2.34. The number of ether oxygens (including phenoxy) is 2. The number of carboxylic acid groups (broad SMARTS) is 1. The Morgan fingerprint density at radius 3 is 2.21 bits per heavy atom. The van der Waals surface area contributed by atoms with Crippen molar-refractivity contribution in [1.29, 1.82) is 0 Å². The fraction of sp³-hybridized carbons (Fsp3) is 0.567. The van der Waals surface area contributed by atoms with Crippen molar-refractivity contribution in [2.75, 3.05) is 26.3 Å². The summed E-state index contributed by atoms with van der Waals surface area (Å²) in [5.41, 5.74) is 2.65. The third-order valence-corrected chi connectivity index (χ3v) is 14.0. The molecule has 1 fully saturated rings. The second-order valence-corrected chi connectivity index (χ2v) is 16.8. The lowest BCUT2D eigenvalue weighted by Gasteiger charge is -2.49. The molecule has 1 heterocycles. The van der Waals surface area contributed by atoms with E-state index in [1.165, 1.54) is 17.0 Å². The summed E-state index contributed by atoms with van der Waals surface area (Å²) in [5, 5.41) is 20.9. The van der Waals surface area contributed by atoms with Crippen LogP contribution in [0.5, 0.6) is 5.75 Å². The average molecular weight is 562 g/mol. The van der Waals surface area contributed by atoms with Gasteiger partial charge < -0.3 is 29.0 Å². The molecule has 0 aromatic heterocycles. The maximum atomic E-state index is 13.3. The van der Waals surface area contributed by atoms with Crippen LogP contribution in [0, 0.1) is 5.82 Å². The van der Waals surface area contributed by atoms with E-state index >= 15 is 0 Å². The Kier molecular flexibility index (Phi) is 10.9. The summed E-state index contributed by atoms with van der Waals surface area (Å²) in [6.07, 6.45) is -2.39. The molecule has 2 aromatic carbocycles. The SMILES string of the molecule is CC(C)[Si](OC1CN(C(=O)O)CC(O)C1c1ccc(OCCOCc2cccc(F)c2)cc1)(C(C)C)C(C)C. The van der Waals surface area contributed by atoms with Gasteiger partial charge in [-0.3, -0.25) is 0 Å². The van der Waals surface area contributed by atoms with Crippen LogP contribution in [0.2, 0.25) is 16.6 Å². The Labute approximate surface area is 233 Å². The number of hydrogen-bond acceptors (Lipinski definition) is 5. The summed E-state index contributed by atoms with van der Waals surface area (Å²) in [5.74, 6) is 0.0233. The first kappa shape index (κ1) is 31.1. The van der Waals surface area contributed by atoms with Crippen LogP contribution in [0.1, 0.15) is 58.6 Å². The highest BCUT2D eigenvalue weighted by atomic mass is 28.4. The molecule has 0 spiro atoms. The number of amides is 1. The molecule has 0 bridgehead atoms. The van der Waals surface area contributed by atoms with E-state index in [9.17, 15) is 19.4 Å². The molecule has 39 heavy (non-hydrogen) atoms. The third-order valence-electron chi connectivity index (χ3n) is 7.88. The summed E-state index contributed by atoms with van der Waals surface area (Å²) in [4.78, 5) is 13.1. The van der Waals surface area contributed by atoms with Crippen LogP contribution in [0.25, 0.3) is 0 Å². The van der Waals surface area contributed by atoms with Gasteiger partial charge in [-0.15, -0.1) is 0 Å². The molecule has 9 heteroatoms. The molecule has 0 aliphatic carbocycles. The number of hydrogen-bond donors (Lipinski definition) is 2. The van der Waals surface area contributed by atoms with Crippen molar-refractivity contribution in [3.8, 4) is 5.75 Å². The van der Waals surface area contributed by atoms with E-state index in [4.69, 9.17) is 13.9 Å². The lowest BCUT2D eigenvalue weighted by molar-refractivity contribution is -0.0190. The Morgan fingerprint density at radius 1 is 1.00 bits per heavy atom. The van der Waals surface area contributed by atoms with Gasteiger partial charge in [-0.2, -0.15) is 0 Å². The van der Waals surface area contributed by atoms with Crippen LogP contribution in [0.15, 0.2) is 48.5 Å². The number of piperidine rings is 1. The highest BCUT2D eigenvalue weighted by molar-refractivity contribution is 6.77. The molecule has 216 valence electrons. The zero-order chi connectivity index (χ0) is 28.7. The normalized spacial score (nSPS) is 20.2. The smallest absolute Gasteiger partial charge is 0.407 e. The standard InChI is InChI=1S/C30H44FNO6Si/c1-20(2)39(21(3)4,22(5)6)38-28-18-32(30(34)35)17-27(33)29(28)24-10-12-26(13-11-24)37-15-14-36-19-23-8-7-9-25(31)16-23/h7-13,16,20-22,27-29,33H,14-15,17-19H2,1-6H3,(H,34,35). The fourth-order valence-corrected chi connectivity index (χ4v) is 11.7. The number of aliphatic hydroxyl groups is 1. The van der Waals surface area contributed by atoms with Crippen LogP contribution in [-0.2, 0) is 15.8 Å². The van der Waals surface area contributed by atoms with E-state index in [0.29, 0.717) is 42.2 Å². The van der Waals surface area contributed by atoms with Crippen LogP contribution in [-0.4, -0.2) is 68.0 Å². The Bertz CT molecular complexity index is 1040. The minimum Gasteiger partial charge on any atom is -0.491 e. The van der Waals surface area contributed by atoms with E-state index in [-0.39, 0.29) is 24.8 Å². The van der Waals surface area contributed by atoms with Gasteiger partial charge >= 0.3 is 6.09 Å². The van der Waals surface area contributed by atoms with E-state index in [1.807, 2.05) is 30.3 Å². The third kappa shape index (κ3) is 7.60. The molecule has 2 N–H and O–H groups in total. The van der Waals surface area contributed by atoms with Crippen LogP contribution >= 0.6 is 0 Å². The van der Waals surface area contributed by atoms with Gasteiger partial charge in [0, 0.05) is 12.5 Å². The predicted octanol–water partition coefficient (Wildman–Crippen LogP) is 6.42. The highest BCUT2D eigenvalue weighted by Crippen LogP contribution is 2.45. The van der Waals surface area contributed by atoms with Gasteiger partial charge in [0.2, 0.25) is 8.32 Å². The molecule has 3 atom stereocenters. The molecule has 0 radical (unpaired) electrons. The molecule has 1 aliphatic heterocycles. The molecule has 2 aromatic rings. The summed E-state index contributed by atoms with van der Waals surface area (Å²) in [7, 11) is -2.34. The number of carbonyl (C=O) groups is 1. The quantitative estimate of drug-likeness (QED) is 0.230. The van der Waals surface area contributed by atoms with Gasteiger partial charge in [0.25, 0.3) is 0 Å². The molecule has 0 saturated carbocycles. The maximum absolute atomic E-state index is 13.3. The van der Waals surface area contributed by atoms with Gasteiger partial charge in [-0.25, -0.2) is 9.18 Å². The minimum absolute atomic E-state index is 0.0420. The number of nitrogens with zero attached hydrogens (tertiary/aromatic N) is 1. The summed E-state index contributed by atoms with van der Waals surface area (Å²) in [6, 6.07) is 13.9. The van der Waals surface area contributed by atoms with Crippen molar-refractivity contribution in [3.05, 3.63) is 65.5 Å². The first-order valence-electron chi connectivity index (χ1n) is 13.8. The van der Waals surface area contributed by atoms with Crippen molar-refractivity contribution in [2.45, 2.75) is 82.9 Å². The molecule has 7 nitrogen and oxygen atoms in total. The maximum Gasteiger partial charge on any atom is 0.407 e. The van der Waals surface area contributed by atoms with Crippen molar-refractivity contribution in [1.82, 2.24) is 4.90 Å². The highest BCUT2D eigenvalue weighted by Gasteiger charge is 2.50. The van der Waals surface area contributed by atoms with Crippen LogP contribution in [0.3, 0.4) is 0 Å². The van der Waals surface area contributed by atoms with Crippen molar-refractivity contribution >= 4 is 14.4 Å². The number of halogens is 1. The number of rotatable bonds is 12. The molecule has 3 rings (SSSR count). The zero-order valence-corrected chi connectivity index (χ0v) is 25.0. The Morgan fingerprint density at radius 2 is 1.64 bits per heavy atom. The number of likely N-dealkylation sites (tertiary alicyclic amines) is 1. The van der Waals surface area contributed by atoms with Crippen molar-refractivity contribution in [2.24, 2.45) is 0 Å². The molecular weight excluding hydrogens is 517 g/mol. The first-order chi connectivity index (χ1) is 18.5. The average Bonchev–Trinajstić information content (AvgIpc) is 2.86. The van der Waals surface area contributed by atoms with Gasteiger partial charge in [0.1, 0.15) is 18.2 Å². The molecular formula is C30H44FNO6Si. The number of aliphatic hydroxyl groups excluding tert-OH is 1. The predicted molar refractivity (Wildman–Crippen MR) is 152 cm³/mol. The summed E-state index contributed by atoms with van der Waals surface area (Å²) < 4.78 is 31.7. The number of benzene rings is 2. The van der Waals surface area contributed by atoms with Gasteiger partial charge in [0.05, 0.1) is 32.0 Å². The van der Waals surface area contributed by atoms with E-state index < -0.39 is 26.6 Å². The molecule has 1 amide bonds. The van der Waals surface area contributed by atoms with E-state index in [1.54, 1.807) is 6.07 Å². The van der Waals surface area contributed by atoms with Crippen molar-refractivity contribution in [3.63, 3.8) is 0 Å². The lowest BCUT2D eigenvalue weighted by Crippen LogP contribution is -2.59. The monoisotopic (exact) mass is 561 g/mol. The van der Waals surface area contributed by atoms with E-state index in [0.717, 1.165) is 11.1 Å². The topological polar surface area (TPSA) is 88.5 Å². The zero-order valence-electron chi connectivity index (χ0n) is 24.0. The van der Waals surface area contributed by atoms with Gasteiger partial charge in [-0.1, -0.05) is 65.8 Å². The molecule has 1 aliphatic rings. The fourth-order valence-electron chi connectivity index (χ4n) is 6.19. The Balaban J connectivity index is 1.70. The Hall–Kier alpha value is -2.46.